The molecule has 1 aliphatic carbocycles. The van der Waals surface area contributed by atoms with E-state index in [1.807, 2.05) is 13.1 Å². The van der Waals surface area contributed by atoms with Gasteiger partial charge in [-0.1, -0.05) is 32.3 Å². The van der Waals surface area contributed by atoms with Crippen LogP contribution >= 0.6 is 0 Å². The van der Waals surface area contributed by atoms with Crippen LogP contribution in [0, 0.1) is 5.82 Å². The third-order valence-electron chi connectivity index (χ3n) is 5.71. The molecule has 4 N–H and O–H groups in total. The Morgan fingerprint density at radius 3 is 2.75 bits per heavy atom. The molecule has 1 aromatic carbocycles. The second-order valence-electron chi connectivity index (χ2n) is 7.51. The van der Waals surface area contributed by atoms with Gasteiger partial charge in [-0.3, -0.25) is 0 Å². The number of amides is 2. The Morgan fingerprint density at radius 1 is 1.25 bits per heavy atom. The Hall–Kier alpha value is -2.83. The molecular formula is C21H25FN4O2. The third-order valence-corrected chi connectivity index (χ3v) is 5.71. The summed E-state index contributed by atoms with van der Waals surface area (Å²) >= 11 is 0. The molecule has 1 atom stereocenters. The second-order valence-corrected chi connectivity index (χ2v) is 7.51. The summed E-state index contributed by atoms with van der Waals surface area (Å²) in [5.74, 6) is 0.0349. The summed E-state index contributed by atoms with van der Waals surface area (Å²) in [7, 11) is 0. The number of phenols is 1. The minimum Gasteiger partial charge on any atom is -0.505 e. The van der Waals surface area contributed by atoms with Crippen molar-refractivity contribution in [1.29, 1.82) is 0 Å². The molecule has 2 amide bonds. The maximum atomic E-state index is 14.0. The zero-order valence-corrected chi connectivity index (χ0v) is 15.9. The lowest BCUT2D eigenvalue weighted by Gasteiger charge is -2.29. The van der Waals surface area contributed by atoms with Crippen LogP contribution in [0.2, 0.25) is 0 Å². The first kappa shape index (κ1) is 18.5. The number of aromatic hydroxyl groups is 1. The van der Waals surface area contributed by atoms with Gasteiger partial charge in [0, 0.05) is 29.1 Å². The summed E-state index contributed by atoms with van der Waals surface area (Å²) in [4.78, 5) is 20.2. The Bertz CT molecular complexity index is 915. The second kappa shape index (κ2) is 7.66. The Kier molecular flexibility index (Phi) is 5.07. The largest absolute Gasteiger partial charge is 0.505 e. The highest BCUT2D eigenvalue weighted by Crippen LogP contribution is 2.37. The fourth-order valence-electron chi connectivity index (χ4n) is 4.22. The molecular weight excluding hydrogens is 359 g/mol. The van der Waals surface area contributed by atoms with E-state index in [9.17, 15) is 14.3 Å². The van der Waals surface area contributed by atoms with E-state index >= 15 is 0 Å². The standard InChI is InChI=1S/C21H25FN4O2/c1-2-15-18(20-23-11-16(24-20)12-6-4-3-5-7-12)19(26-21(28)25-15)13-8-9-17(27)14(22)10-13/h8-12,19,27H,2-7H2,1H3,(H,23,24)(H2,25,26,28)/t19-/m0/s1. The molecule has 148 valence electrons. The lowest BCUT2D eigenvalue weighted by atomic mass is 9.87. The van der Waals surface area contributed by atoms with Crippen molar-refractivity contribution in [2.24, 2.45) is 0 Å². The van der Waals surface area contributed by atoms with Crippen molar-refractivity contribution in [3.8, 4) is 5.75 Å². The van der Waals surface area contributed by atoms with Crippen LogP contribution < -0.4 is 10.6 Å². The molecule has 0 bridgehead atoms. The first-order valence-electron chi connectivity index (χ1n) is 9.91. The normalized spacial score (nSPS) is 20.8. The van der Waals surface area contributed by atoms with Crippen molar-refractivity contribution >= 4 is 11.6 Å². The van der Waals surface area contributed by atoms with Gasteiger partial charge in [0.25, 0.3) is 0 Å². The van der Waals surface area contributed by atoms with Crippen LogP contribution in [0.1, 0.15) is 74.5 Å². The Balaban J connectivity index is 1.74. The number of benzene rings is 1. The molecule has 1 fully saturated rings. The first-order valence-corrected chi connectivity index (χ1v) is 9.91. The Labute approximate surface area is 163 Å². The number of urea groups is 1. The summed E-state index contributed by atoms with van der Waals surface area (Å²) in [6, 6.07) is 3.29. The Morgan fingerprint density at radius 2 is 2.04 bits per heavy atom. The quantitative estimate of drug-likeness (QED) is 0.627. The molecule has 1 aliphatic heterocycles. The van der Waals surface area contributed by atoms with E-state index in [-0.39, 0.29) is 6.03 Å². The molecule has 2 aliphatic rings. The minimum atomic E-state index is -0.718. The molecule has 0 radical (unpaired) electrons. The lowest BCUT2D eigenvalue weighted by Crippen LogP contribution is -2.43. The van der Waals surface area contributed by atoms with Gasteiger partial charge in [0.15, 0.2) is 11.6 Å². The van der Waals surface area contributed by atoms with Gasteiger partial charge in [-0.15, -0.1) is 0 Å². The maximum absolute atomic E-state index is 14.0. The fourth-order valence-corrected chi connectivity index (χ4v) is 4.22. The molecule has 0 spiro atoms. The van der Waals surface area contributed by atoms with Crippen molar-refractivity contribution in [3.05, 3.63) is 53.0 Å². The number of halogens is 1. The van der Waals surface area contributed by atoms with E-state index in [1.54, 1.807) is 6.07 Å². The number of nitrogens with zero attached hydrogens (tertiary/aromatic N) is 1. The van der Waals surface area contributed by atoms with Crippen LogP contribution in [-0.4, -0.2) is 21.1 Å². The monoisotopic (exact) mass is 384 g/mol. The first-order chi connectivity index (χ1) is 13.6. The number of carbonyl (C=O) groups is 1. The molecule has 6 nitrogen and oxygen atoms in total. The fraction of sp³-hybridized carbons (Fsp3) is 0.429. The predicted octanol–water partition coefficient (Wildman–Crippen LogP) is 4.48. The summed E-state index contributed by atoms with van der Waals surface area (Å²) < 4.78 is 14.0. The lowest BCUT2D eigenvalue weighted by molar-refractivity contribution is 0.239. The van der Waals surface area contributed by atoms with Gasteiger partial charge < -0.3 is 20.7 Å². The van der Waals surface area contributed by atoms with E-state index in [2.05, 4.69) is 20.6 Å². The minimum absolute atomic E-state index is 0.335. The summed E-state index contributed by atoms with van der Waals surface area (Å²) in [5.41, 5.74) is 3.23. The molecule has 1 saturated carbocycles. The van der Waals surface area contributed by atoms with Crippen molar-refractivity contribution in [1.82, 2.24) is 20.6 Å². The molecule has 28 heavy (non-hydrogen) atoms. The van der Waals surface area contributed by atoms with Crippen molar-refractivity contribution in [2.45, 2.75) is 57.4 Å². The average molecular weight is 384 g/mol. The molecule has 0 unspecified atom stereocenters. The van der Waals surface area contributed by atoms with Crippen molar-refractivity contribution < 1.29 is 14.3 Å². The van der Waals surface area contributed by atoms with Crippen LogP contribution in [0.3, 0.4) is 0 Å². The maximum Gasteiger partial charge on any atom is 0.319 e. The number of allylic oxidation sites excluding steroid dienone is 1. The molecule has 7 heteroatoms. The van der Waals surface area contributed by atoms with Crippen molar-refractivity contribution in [3.63, 3.8) is 0 Å². The third kappa shape index (κ3) is 3.48. The van der Waals surface area contributed by atoms with Crippen LogP contribution in [0.5, 0.6) is 5.75 Å². The SMILES string of the molecule is CCC1=C(c2ncc(C3CCCCC3)[nH]2)[C@H](c2ccc(O)c(F)c2)NC(=O)N1. The number of phenolic OH excluding ortho intramolecular Hbond substituents is 1. The molecule has 2 aromatic rings. The zero-order valence-electron chi connectivity index (χ0n) is 15.9. The number of H-pyrrole nitrogens is 1. The summed E-state index contributed by atoms with van der Waals surface area (Å²) in [6.45, 7) is 1.96. The number of imidazole rings is 1. The van der Waals surface area contributed by atoms with Gasteiger partial charge in [-0.05, 0) is 37.0 Å². The van der Waals surface area contributed by atoms with Crippen LogP contribution in [0.25, 0.3) is 5.57 Å². The smallest absolute Gasteiger partial charge is 0.319 e. The van der Waals surface area contributed by atoms with Gasteiger partial charge in [-0.2, -0.15) is 0 Å². The van der Waals surface area contributed by atoms with E-state index in [0.717, 1.165) is 29.8 Å². The number of nitrogens with one attached hydrogen (secondary N) is 3. The van der Waals surface area contributed by atoms with Gasteiger partial charge in [0.2, 0.25) is 0 Å². The number of hydrogen-bond donors (Lipinski definition) is 4. The summed E-state index contributed by atoms with van der Waals surface area (Å²) in [5, 5.41) is 15.2. The van der Waals surface area contributed by atoms with E-state index < -0.39 is 17.6 Å². The topological polar surface area (TPSA) is 90.0 Å². The van der Waals surface area contributed by atoms with Crippen LogP contribution in [0.15, 0.2) is 30.1 Å². The highest BCUT2D eigenvalue weighted by atomic mass is 19.1. The van der Waals surface area contributed by atoms with Crippen molar-refractivity contribution in [2.75, 3.05) is 0 Å². The van der Waals surface area contributed by atoms with E-state index in [4.69, 9.17) is 0 Å². The number of rotatable bonds is 4. The number of aromatic amines is 1. The van der Waals surface area contributed by atoms with Gasteiger partial charge in [0.1, 0.15) is 5.82 Å². The molecule has 2 heterocycles. The van der Waals surface area contributed by atoms with Gasteiger partial charge in [-0.25, -0.2) is 14.2 Å². The van der Waals surface area contributed by atoms with Crippen LogP contribution in [-0.2, 0) is 0 Å². The number of aromatic nitrogens is 2. The predicted molar refractivity (Wildman–Crippen MR) is 104 cm³/mol. The van der Waals surface area contributed by atoms with Gasteiger partial charge >= 0.3 is 6.03 Å². The molecule has 0 saturated heterocycles. The molecule has 4 rings (SSSR count). The summed E-state index contributed by atoms with van der Waals surface area (Å²) in [6.07, 6.45) is 8.55. The van der Waals surface area contributed by atoms with E-state index in [1.165, 1.54) is 31.4 Å². The van der Waals surface area contributed by atoms with Gasteiger partial charge in [0.05, 0.1) is 6.04 Å². The highest BCUT2D eigenvalue weighted by molar-refractivity contribution is 5.87. The average Bonchev–Trinajstić information content (AvgIpc) is 3.19. The van der Waals surface area contributed by atoms with E-state index in [0.29, 0.717) is 23.7 Å². The number of hydrogen-bond acceptors (Lipinski definition) is 3. The molecule has 1 aromatic heterocycles. The van der Waals surface area contributed by atoms with Crippen LogP contribution in [0.4, 0.5) is 9.18 Å². The zero-order chi connectivity index (χ0) is 19.7. The number of carbonyl (C=O) groups excluding carboxylic acids is 1. The highest BCUT2D eigenvalue weighted by Gasteiger charge is 2.31.